The van der Waals surface area contributed by atoms with Gasteiger partial charge in [0.05, 0.1) is 0 Å². The molecule has 0 bridgehead atoms. The number of rotatable bonds is 4. The molecule has 0 aliphatic carbocycles. The van der Waals surface area contributed by atoms with E-state index < -0.39 is 0 Å². The van der Waals surface area contributed by atoms with E-state index in [0.29, 0.717) is 0 Å². The van der Waals surface area contributed by atoms with Crippen molar-refractivity contribution in [2.45, 2.75) is 11.5 Å². The van der Waals surface area contributed by atoms with Crippen molar-refractivity contribution in [1.29, 1.82) is 10.8 Å². The summed E-state index contributed by atoms with van der Waals surface area (Å²) in [4.78, 5) is 0. The van der Waals surface area contributed by atoms with E-state index in [1.165, 1.54) is 23.5 Å². The first-order chi connectivity index (χ1) is 7.58. The largest absolute Gasteiger partial charge is 0.379 e. The molecule has 0 saturated heterocycles. The molecule has 0 atom stereocenters. The number of benzene rings is 1. The van der Waals surface area contributed by atoms with Crippen LogP contribution in [0.15, 0.2) is 24.3 Å². The SMILES string of the molecule is Cl.N=C(N)SCc1ccc(CSC(=N)N)cc1. The third-order valence-corrected chi connectivity index (χ3v) is 3.39. The number of thioether (sulfide) groups is 2. The fraction of sp³-hybridized carbons (Fsp3) is 0.200. The zero-order chi connectivity index (χ0) is 12.0. The maximum atomic E-state index is 7.10. The van der Waals surface area contributed by atoms with Crippen LogP contribution in [0.3, 0.4) is 0 Å². The Morgan fingerprint density at radius 3 is 1.41 bits per heavy atom. The maximum absolute atomic E-state index is 7.10. The molecule has 17 heavy (non-hydrogen) atoms. The Morgan fingerprint density at radius 2 is 1.18 bits per heavy atom. The van der Waals surface area contributed by atoms with E-state index in [4.69, 9.17) is 22.3 Å². The molecule has 1 rings (SSSR count). The topological polar surface area (TPSA) is 99.7 Å². The van der Waals surface area contributed by atoms with Gasteiger partial charge in [0.25, 0.3) is 0 Å². The third kappa shape index (κ3) is 7.14. The van der Waals surface area contributed by atoms with Gasteiger partial charge in [-0.15, -0.1) is 12.4 Å². The van der Waals surface area contributed by atoms with Crippen molar-refractivity contribution in [3.05, 3.63) is 35.4 Å². The Balaban J connectivity index is 0.00000256. The van der Waals surface area contributed by atoms with Crippen LogP contribution in [0, 0.1) is 10.8 Å². The van der Waals surface area contributed by atoms with Gasteiger partial charge in [-0.05, 0) is 11.1 Å². The molecule has 1 aromatic rings. The predicted octanol–water partition coefficient (Wildman–Crippen LogP) is 2.36. The molecular formula is C10H15ClN4S2. The first-order valence-electron chi connectivity index (χ1n) is 4.59. The van der Waals surface area contributed by atoms with Gasteiger partial charge in [0.1, 0.15) is 0 Å². The van der Waals surface area contributed by atoms with Gasteiger partial charge in [-0.3, -0.25) is 10.8 Å². The first-order valence-corrected chi connectivity index (χ1v) is 6.56. The summed E-state index contributed by atoms with van der Waals surface area (Å²) in [6.07, 6.45) is 0. The summed E-state index contributed by atoms with van der Waals surface area (Å²) < 4.78 is 0. The zero-order valence-electron chi connectivity index (χ0n) is 9.10. The molecule has 0 saturated carbocycles. The van der Waals surface area contributed by atoms with E-state index in [9.17, 15) is 0 Å². The summed E-state index contributed by atoms with van der Waals surface area (Å²) >= 11 is 2.62. The number of hydrogen-bond donors (Lipinski definition) is 4. The van der Waals surface area contributed by atoms with Gasteiger partial charge < -0.3 is 11.5 Å². The molecule has 0 spiro atoms. The minimum atomic E-state index is 0. The highest BCUT2D eigenvalue weighted by molar-refractivity contribution is 8.13. The second kappa shape index (κ2) is 8.27. The number of amidine groups is 2. The van der Waals surface area contributed by atoms with Gasteiger partial charge >= 0.3 is 0 Å². The smallest absolute Gasteiger partial charge is 0.151 e. The molecule has 6 N–H and O–H groups in total. The summed E-state index contributed by atoms with van der Waals surface area (Å²) in [5.74, 6) is 1.44. The fourth-order valence-corrected chi connectivity index (χ4v) is 2.08. The molecule has 0 radical (unpaired) electrons. The average molecular weight is 291 g/mol. The molecule has 0 fully saturated rings. The molecule has 1 aromatic carbocycles. The van der Waals surface area contributed by atoms with Gasteiger partial charge in [0.15, 0.2) is 10.3 Å². The molecule has 94 valence electrons. The summed E-state index contributed by atoms with van der Waals surface area (Å²) in [5, 5.41) is 14.5. The Labute approximate surface area is 115 Å². The van der Waals surface area contributed by atoms with E-state index in [1.807, 2.05) is 24.3 Å². The second-order valence-corrected chi connectivity index (χ2v) is 5.16. The molecule has 4 nitrogen and oxygen atoms in total. The fourth-order valence-electron chi connectivity index (χ4n) is 1.05. The highest BCUT2D eigenvalue weighted by atomic mass is 35.5. The predicted molar refractivity (Wildman–Crippen MR) is 80.1 cm³/mol. The third-order valence-electron chi connectivity index (χ3n) is 1.81. The van der Waals surface area contributed by atoms with Crippen LogP contribution in [0.5, 0.6) is 0 Å². The van der Waals surface area contributed by atoms with Crippen LogP contribution in [-0.2, 0) is 11.5 Å². The minimum absolute atomic E-state index is 0. The lowest BCUT2D eigenvalue weighted by molar-refractivity contribution is 1.35. The Morgan fingerprint density at radius 1 is 0.882 bits per heavy atom. The highest BCUT2D eigenvalue weighted by Crippen LogP contribution is 2.15. The number of halogens is 1. The molecule has 0 heterocycles. The van der Waals surface area contributed by atoms with Gasteiger partial charge in [0.2, 0.25) is 0 Å². The van der Waals surface area contributed by atoms with Crippen molar-refractivity contribution in [2.24, 2.45) is 11.5 Å². The minimum Gasteiger partial charge on any atom is -0.379 e. The molecule has 0 aliphatic heterocycles. The Hall–Kier alpha value is -0.850. The number of nitrogens with two attached hydrogens (primary N) is 2. The molecular weight excluding hydrogens is 276 g/mol. The van der Waals surface area contributed by atoms with Crippen LogP contribution in [0.1, 0.15) is 11.1 Å². The lowest BCUT2D eigenvalue weighted by Crippen LogP contribution is -2.04. The van der Waals surface area contributed by atoms with Gasteiger partial charge in [-0.25, -0.2) is 0 Å². The van der Waals surface area contributed by atoms with Crippen LogP contribution in [0.4, 0.5) is 0 Å². The molecule has 0 aromatic heterocycles. The quantitative estimate of drug-likeness (QED) is 0.505. The first kappa shape index (κ1) is 16.1. The highest BCUT2D eigenvalue weighted by Gasteiger charge is 1.98. The molecule has 0 amide bonds. The summed E-state index contributed by atoms with van der Waals surface area (Å²) in [6, 6.07) is 8.02. The van der Waals surface area contributed by atoms with Crippen LogP contribution in [-0.4, -0.2) is 10.3 Å². The van der Waals surface area contributed by atoms with E-state index in [-0.39, 0.29) is 22.7 Å². The Bertz CT molecular complexity index is 343. The summed E-state index contributed by atoms with van der Waals surface area (Å²) in [7, 11) is 0. The van der Waals surface area contributed by atoms with E-state index in [1.54, 1.807) is 0 Å². The van der Waals surface area contributed by atoms with E-state index in [0.717, 1.165) is 22.6 Å². The monoisotopic (exact) mass is 290 g/mol. The van der Waals surface area contributed by atoms with Crippen molar-refractivity contribution in [3.8, 4) is 0 Å². The van der Waals surface area contributed by atoms with E-state index in [2.05, 4.69) is 0 Å². The number of hydrogen-bond acceptors (Lipinski definition) is 4. The van der Waals surface area contributed by atoms with Gasteiger partial charge in [-0.2, -0.15) is 0 Å². The maximum Gasteiger partial charge on any atom is 0.151 e. The van der Waals surface area contributed by atoms with Crippen molar-refractivity contribution in [3.63, 3.8) is 0 Å². The van der Waals surface area contributed by atoms with Crippen molar-refractivity contribution < 1.29 is 0 Å². The Kier molecular flexibility index (Phi) is 7.86. The van der Waals surface area contributed by atoms with Gasteiger partial charge in [-0.1, -0.05) is 47.8 Å². The average Bonchev–Trinajstić information content (AvgIpc) is 2.25. The molecule has 0 aliphatic rings. The van der Waals surface area contributed by atoms with Crippen LogP contribution >= 0.6 is 35.9 Å². The van der Waals surface area contributed by atoms with Crippen LogP contribution in [0.2, 0.25) is 0 Å². The lowest BCUT2D eigenvalue weighted by atomic mass is 10.2. The van der Waals surface area contributed by atoms with Crippen molar-refractivity contribution >= 4 is 46.3 Å². The zero-order valence-corrected chi connectivity index (χ0v) is 11.6. The van der Waals surface area contributed by atoms with Gasteiger partial charge in [0, 0.05) is 11.5 Å². The normalized spacial score (nSPS) is 9.41. The summed E-state index contributed by atoms with van der Waals surface area (Å²) in [5.41, 5.74) is 12.8. The van der Waals surface area contributed by atoms with Crippen molar-refractivity contribution in [2.75, 3.05) is 0 Å². The van der Waals surface area contributed by atoms with Crippen molar-refractivity contribution in [1.82, 2.24) is 0 Å². The van der Waals surface area contributed by atoms with E-state index >= 15 is 0 Å². The van der Waals surface area contributed by atoms with Crippen LogP contribution in [0.25, 0.3) is 0 Å². The number of nitrogens with one attached hydrogen (secondary N) is 2. The standard InChI is InChI=1S/C10H14N4S2.ClH/c11-9(12)15-5-7-1-2-8(4-3-7)6-16-10(13)14;/h1-4H,5-6H2,(H3,11,12)(H3,13,14);1H. The second-order valence-electron chi connectivity index (χ2n) is 3.12. The molecule has 7 heteroatoms. The lowest BCUT2D eigenvalue weighted by Gasteiger charge is -2.03. The van der Waals surface area contributed by atoms with Crippen LogP contribution < -0.4 is 11.5 Å². The molecule has 0 unspecified atom stereocenters. The summed E-state index contributed by atoms with van der Waals surface area (Å²) in [6.45, 7) is 0.